The highest BCUT2D eigenvalue weighted by molar-refractivity contribution is 5.18. The Morgan fingerprint density at radius 2 is 2.38 bits per heavy atom. The van der Waals surface area contributed by atoms with Gasteiger partial charge in [0.15, 0.2) is 5.69 Å². The van der Waals surface area contributed by atoms with Crippen molar-refractivity contribution in [3.63, 3.8) is 0 Å². The number of hydrogen-bond acceptors (Lipinski definition) is 5. The minimum absolute atomic E-state index is 0.293. The Labute approximate surface area is 76.4 Å². The molecule has 1 aromatic rings. The molecule has 1 aromatic heterocycles. The smallest absolute Gasteiger partial charge is 0.232 e. The zero-order valence-electron chi connectivity index (χ0n) is 7.32. The third kappa shape index (κ3) is 3.05. The van der Waals surface area contributed by atoms with Gasteiger partial charge in [-0.3, -0.25) is 0 Å². The van der Waals surface area contributed by atoms with E-state index in [1.54, 1.807) is 0 Å². The van der Waals surface area contributed by atoms with Gasteiger partial charge in [-0.2, -0.15) is 5.26 Å². The Bertz CT molecular complexity index is 290. The maximum Gasteiger partial charge on any atom is 0.232 e. The molecule has 1 rings (SSSR count). The van der Waals surface area contributed by atoms with Crippen LogP contribution in [0, 0.1) is 11.3 Å². The van der Waals surface area contributed by atoms with Gasteiger partial charge in [0, 0.05) is 6.54 Å². The van der Waals surface area contributed by atoms with Crippen LogP contribution in [-0.2, 0) is 0 Å². The summed E-state index contributed by atoms with van der Waals surface area (Å²) in [6.45, 7) is 1.29. The molecule has 5 nitrogen and oxygen atoms in total. The van der Waals surface area contributed by atoms with E-state index in [2.05, 4.69) is 15.3 Å². The standard InChI is InChI=1S/C8H10N4O/c1-10-2-3-13-8-6-11-7(4-9)5-12-8/h5-6,10H,2-3H2,1H3. The lowest BCUT2D eigenvalue weighted by Crippen LogP contribution is -2.16. The molecule has 1 heterocycles. The van der Waals surface area contributed by atoms with Crippen LogP contribution >= 0.6 is 0 Å². The SMILES string of the molecule is CNCCOc1cnc(C#N)cn1. The fraction of sp³-hybridized carbons (Fsp3) is 0.375. The van der Waals surface area contributed by atoms with E-state index in [9.17, 15) is 0 Å². The highest BCUT2D eigenvalue weighted by atomic mass is 16.5. The lowest BCUT2D eigenvalue weighted by molar-refractivity contribution is 0.305. The first kappa shape index (κ1) is 9.42. The molecular weight excluding hydrogens is 168 g/mol. The van der Waals surface area contributed by atoms with Gasteiger partial charge in [0.1, 0.15) is 12.7 Å². The van der Waals surface area contributed by atoms with Crippen molar-refractivity contribution in [2.24, 2.45) is 0 Å². The number of nitriles is 1. The third-order valence-electron chi connectivity index (χ3n) is 1.34. The van der Waals surface area contributed by atoms with E-state index >= 15 is 0 Å². The molecular formula is C8H10N4O. The third-order valence-corrected chi connectivity index (χ3v) is 1.34. The second-order valence-electron chi connectivity index (χ2n) is 2.30. The Hall–Kier alpha value is -1.67. The van der Waals surface area contributed by atoms with Crippen LogP contribution < -0.4 is 10.1 Å². The predicted octanol–water partition coefficient (Wildman–Crippen LogP) is -0.0535. The highest BCUT2D eigenvalue weighted by Crippen LogP contribution is 2.02. The Morgan fingerprint density at radius 3 is 2.92 bits per heavy atom. The number of nitrogens with zero attached hydrogens (tertiary/aromatic N) is 3. The molecule has 0 aliphatic heterocycles. The van der Waals surface area contributed by atoms with Gasteiger partial charge >= 0.3 is 0 Å². The summed E-state index contributed by atoms with van der Waals surface area (Å²) in [7, 11) is 1.84. The zero-order chi connectivity index (χ0) is 9.52. The normalized spacial score (nSPS) is 9.23. The molecule has 0 aliphatic carbocycles. The van der Waals surface area contributed by atoms with E-state index in [0.717, 1.165) is 6.54 Å². The molecule has 0 spiro atoms. The first-order valence-corrected chi connectivity index (χ1v) is 3.86. The number of ether oxygens (including phenoxy) is 1. The average molecular weight is 178 g/mol. The van der Waals surface area contributed by atoms with Crippen molar-refractivity contribution in [1.29, 1.82) is 5.26 Å². The van der Waals surface area contributed by atoms with E-state index in [1.807, 2.05) is 13.1 Å². The Balaban J connectivity index is 2.46. The van der Waals surface area contributed by atoms with Gasteiger partial charge in [-0.05, 0) is 7.05 Å². The van der Waals surface area contributed by atoms with E-state index in [1.165, 1.54) is 12.4 Å². The van der Waals surface area contributed by atoms with E-state index < -0.39 is 0 Å². The molecule has 0 fully saturated rings. The van der Waals surface area contributed by atoms with Gasteiger partial charge in [0.25, 0.3) is 0 Å². The highest BCUT2D eigenvalue weighted by Gasteiger charge is 1.95. The molecule has 68 valence electrons. The number of rotatable bonds is 4. The van der Waals surface area contributed by atoms with Crippen LogP contribution in [0.25, 0.3) is 0 Å². The molecule has 0 atom stereocenters. The van der Waals surface area contributed by atoms with Crippen molar-refractivity contribution < 1.29 is 4.74 Å². The monoisotopic (exact) mass is 178 g/mol. The molecule has 0 unspecified atom stereocenters. The average Bonchev–Trinajstić information content (AvgIpc) is 2.19. The van der Waals surface area contributed by atoms with Crippen molar-refractivity contribution >= 4 is 0 Å². The first-order chi connectivity index (χ1) is 6.36. The fourth-order valence-electron chi connectivity index (χ4n) is 0.706. The summed E-state index contributed by atoms with van der Waals surface area (Å²) in [5.41, 5.74) is 0.293. The van der Waals surface area contributed by atoms with Crippen LogP contribution in [0.4, 0.5) is 0 Å². The summed E-state index contributed by atoms with van der Waals surface area (Å²) in [4.78, 5) is 7.69. The zero-order valence-corrected chi connectivity index (χ0v) is 7.32. The Kier molecular flexibility index (Phi) is 3.67. The summed E-state index contributed by atoms with van der Waals surface area (Å²) in [5.74, 6) is 0.439. The molecule has 0 amide bonds. The van der Waals surface area contributed by atoms with Crippen molar-refractivity contribution in [1.82, 2.24) is 15.3 Å². The van der Waals surface area contributed by atoms with Gasteiger partial charge in [0.2, 0.25) is 5.88 Å². The van der Waals surface area contributed by atoms with E-state index in [-0.39, 0.29) is 0 Å². The van der Waals surface area contributed by atoms with Crippen LogP contribution in [0.3, 0.4) is 0 Å². The van der Waals surface area contributed by atoms with Crippen molar-refractivity contribution in [2.75, 3.05) is 20.2 Å². The molecule has 13 heavy (non-hydrogen) atoms. The number of likely N-dealkylation sites (N-methyl/N-ethyl adjacent to an activating group) is 1. The van der Waals surface area contributed by atoms with Crippen LogP contribution in [0.5, 0.6) is 5.88 Å². The van der Waals surface area contributed by atoms with Crippen LogP contribution in [0.15, 0.2) is 12.4 Å². The molecule has 1 N–H and O–H groups in total. The summed E-state index contributed by atoms with van der Waals surface area (Å²) in [5, 5.41) is 11.4. The van der Waals surface area contributed by atoms with Gasteiger partial charge in [0.05, 0.1) is 12.4 Å². The fourth-order valence-corrected chi connectivity index (χ4v) is 0.706. The number of hydrogen-bond donors (Lipinski definition) is 1. The molecule has 0 saturated heterocycles. The molecule has 0 saturated carbocycles. The van der Waals surface area contributed by atoms with E-state index in [0.29, 0.717) is 18.2 Å². The minimum atomic E-state index is 0.293. The van der Waals surface area contributed by atoms with Gasteiger partial charge in [-0.1, -0.05) is 0 Å². The Morgan fingerprint density at radius 1 is 1.54 bits per heavy atom. The summed E-state index contributed by atoms with van der Waals surface area (Å²) in [6, 6.07) is 1.88. The summed E-state index contributed by atoms with van der Waals surface area (Å²) in [6.07, 6.45) is 2.82. The summed E-state index contributed by atoms with van der Waals surface area (Å²) < 4.78 is 5.20. The molecule has 0 bridgehead atoms. The molecule has 0 aromatic carbocycles. The van der Waals surface area contributed by atoms with Crippen molar-refractivity contribution in [3.8, 4) is 11.9 Å². The number of nitrogens with one attached hydrogen (secondary N) is 1. The second-order valence-corrected chi connectivity index (χ2v) is 2.30. The van der Waals surface area contributed by atoms with Crippen molar-refractivity contribution in [3.05, 3.63) is 18.1 Å². The quantitative estimate of drug-likeness (QED) is 0.654. The molecule has 0 radical (unpaired) electrons. The van der Waals surface area contributed by atoms with Gasteiger partial charge < -0.3 is 10.1 Å². The molecule has 5 heteroatoms. The number of aromatic nitrogens is 2. The van der Waals surface area contributed by atoms with Crippen LogP contribution in [0.1, 0.15) is 5.69 Å². The van der Waals surface area contributed by atoms with Crippen LogP contribution in [0.2, 0.25) is 0 Å². The lowest BCUT2D eigenvalue weighted by Gasteiger charge is -2.02. The lowest BCUT2D eigenvalue weighted by atomic mass is 10.5. The minimum Gasteiger partial charge on any atom is -0.475 e. The van der Waals surface area contributed by atoms with Gasteiger partial charge in [-0.15, -0.1) is 0 Å². The summed E-state index contributed by atoms with van der Waals surface area (Å²) >= 11 is 0. The second kappa shape index (κ2) is 5.06. The van der Waals surface area contributed by atoms with E-state index in [4.69, 9.17) is 10.00 Å². The largest absolute Gasteiger partial charge is 0.475 e. The first-order valence-electron chi connectivity index (χ1n) is 3.86. The van der Waals surface area contributed by atoms with Crippen LogP contribution in [-0.4, -0.2) is 30.2 Å². The molecule has 0 aliphatic rings. The van der Waals surface area contributed by atoms with Gasteiger partial charge in [-0.25, -0.2) is 9.97 Å². The van der Waals surface area contributed by atoms with Crippen molar-refractivity contribution in [2.45, 2.75) is 0 Å². The maximum absolute atomic E-state index is 8.44. The maximum atomic E-state index is 8.44. The predicted molar refractivity (Wildman–Crippen MR) is 46.2 cm³/mol. The topological polar surface area (TPSA) is 70.8 Å².